The number of likely N-dealkylation sites (N-methyl/N-ethyl adjacent to an activating group) is 1. The fourth-order valence-electron chi connectivity index (χ4n) is 12.0. The first-order valence-electron chi connectivity index (χ1n) is 39.9. The van der Waals surface area contributed by atoms with Gasteiger partial charge in [0.25, 0.3) is 7.82 Å². The normalized spacial score (nSPS) is 13.9. The number of hydrogen-bond acceptors (Lipinski definition) is 6. The van der Waals surface area contributed by atoms with Crippen molar-refractivity contribution in [3.63, 3.8) is 0 Å². The zero-order valence-corrected chi connectivity index (χ0v) is 62.6. The van der Waals surface area contributed by atoms with Gasteiger partial charge in [0.15, 0.2) is 0 Å². The van der Waals surface area contributed by atoms with Crippen molar-refractivity contribution in [1.29, 1.82) is 0 Å². The summed E-state index contributed by atoms with van der Waals surface area (Å²) in [6.45, 7) is 4.59. The number of amides is 1. The number of nitrogens with zero attached hydrogens (tertiary/aromatic N) is 1. The average Bonchev–Trinajstić information content (AvgIpc) is 2.63. The smallest absolute Gasteiger partial charge is 0.268 e. The lowest BCUT2D eigenvalue weighted by molar-refractivity contribution is -0.870. The van der Waals surface area contributed by atoms with Crippen molar-refractivity contribution in [2.75, 3.05) is 40.9 Å². The molecule has 8 nitrogen and oxygen atoms in total. The van der Waals surface area contributed by atoms with Crippen molar-refractivity contribution in [2.24, 2.45) is 0 Å². The number of carbonyl (C=O) groups excluding carboxylic acids is 1. The average molecular weight is 1310 g/mol. The second-order valence-corrected chi connectivity index (χ2v) is 29.8. The van der Waals surface area contributed by atoms with E-state index in [9.17, 15) is 19.4 Å². The zero-order valence-electron chi connectivity index (χ0n) is 61.8. The van der Waals surface area contributed by atoms with Gasteiger partial charge >= 0.3 is 0 Å². The summed E-state index contributed by atoms with van der Waals surface area (Å²) in [5.41, 5.74) is 0. The Morgan fingerprint density at radius 1 is 0.391 bits per heavy atom. The summed E-state index contributed by atoms with van der Waals surface area (Å²) in [6.07, 6.45) is 105. The molecule has 0 saturated heterocycles. The molecule has 92 heavy (non-hydrogen) atoms. The van der Waals surface area contributed by atoms with Gasteiger partial charge < -0.3 is 28.8 Å². The van der Waals surface area contributed by atoms with E-state index in [0.29, 0.717) is 17.4 Å². The van der Waals surface area contributed by atoms with E-state index in [1.807, 2.05) is 27.2 Å². The van der Waals surface area contributed by atoms with Gasteiger partial charge in [-0.2, -0.15) is 0 Å². The summed E-state index contributed by atoms with van der Waals surface area (Å²) in [4.78, 5) is 25.7. The molecule has 9 heteroatoms. The first-order valence-corrected chi connectivity index (χ1v) is 41.4. The molecule has 1 amide bonds. The maximum absolute atomic E-state index is 13.1. The van der Waals surface area contributed by atoms with E-state index >= 15 is 0 Å². The predicted octanol–water partition coefficient (Wildman–Crippen LogP) is 25.6. The van der Waals surface area contributed by atoms with Crippen LogP contribution in [0.15, 0.2) is 85.1 Å². The molecule has 0 rings (SSSR count). The first-order chi connectivity index (χ1) is 45.0. The molecule has 0 aliphatic carbocycles. The van der Waals surface area contributed by atoms with Gasteiger partial charge in [0.05, 0.1) is 39.9 Å². The van der Waals surface area contributed by atoms with Gasteiger partial charge in [-0.3, -0.25) is 9.36 Å². The Kier molecular flexibility index (Phi) is 71.1. The van der Waals surface area contributed by atoms with E-state index in [2.05, 4.69) is 92.1 Å². The molecule has 0 fully saturated rings. The van der Waals surface area contributed by atoms with Gasteiger partial charge in [-0.25, -0.2) is 0 Å². The number of phosphoric acid groups is 1. The highest BCUT2D eigenvalue weighted by molar-refractivity contribution is 7.45. The summed E-state index contributed by atoms with van der Waals surface area (Å²) in [6, 6.07) is -0.891. The molecule has 3 atom stereocenters. The van der Waals surface area contributed by atoms with Crippen molar-refractivity contribution >= 4 is 13.7 Å². The number of phosphoric ester groups is 1. The van der Waals surface area contributed by atoms with Crippen molar-refractivity contribution in [3.8, 4) is 0 Å². The number of quaternary nitrogens is 1. The predicted molar refractivity (Wildman–Crippen MR) is 403 cm³/mol. The molecule has 0 aromatic heterocycles. The Hall–Kier alpha value is -2.32. The van der Waals surface area contributed by atoms with Crippen LogP contribution in [0.4, 0.5) is 0 Å². The molecule has 2 N–H and O–H groups in total. The summed E-state index contributed by atoms with van der Waals surface area (Å²) in [5, 5.41) is 14.0. The lowest BCUT2D eigenvalue weighted by Gasteiger charge is -2.29. The molecule has 0 aromatic rings. The van der Waals surface area contributed by atoms with Gasteiger partial charge in [0.2, 0.25) is 5.91 Å². The maximum Gasteiger partial charge on any atom is 0.268 e. The van der Waals surface area contributed by atoms with Gasteiger partial charge in [-0.1, -0.05) is 394 Å². The minimum atomic E-state index is -4.61. The number of unbranched alkanes of at least 4 members (excludes halogenated alkanes) is 49. The van der Waals surface area contributed by atoms with Gasteiger partial charge in [-0.05, 0) is 70.6 Å². The van der Waals surface area contributed by atoms with Crippen molar-refractivity contribution in [3.05, 3.63) is 85.1 Å². The molecule has 0 radical (unpaired) electrons. The molecule has 0 saturated carbocycles. The summed E-state index contributed by atoms with van der Waals surface area (Å²) in [7, 11) is 1.27. The Labute approximate surface area is 573 Å². The molecular formula is C83H155N2O6P. The highest BCUT2D eigenvalue weighted by Gasteiger charge is 2.23. The highest BCUT2D eigenvalue weighted by atomic mass is 31.2. The standard InChI is InChI=1S/C83H155N2O6P/c1-6-8-10-12-14-16-18-20-22-24-26-28-30-32-34-36-38-39-40-41-42-43-44-45-47-49-51-53-55-57-59-61-63-65-67-69-71-73-75-77-83(87)84-81(80-91-92(88,89)90-79-78-85(3,4)5)82(86)76-74-72-70-68-66-64-62-60-58-56-54-52-50-48-46-37-35-33-31-29-27-25-23-21-19-17-15-13-11-9-7-2/h8,10,14,16,20,22,26,28,32,34,38-39,74,76,81-82,86H,6-7,9,11-13,15,17-19,21,23-25,27,29-31,33,35-37,40-73,75,77-80H2,1-5H3,(H-,84,87,88,89)/b10-8-,16-14-,22-20-,28-26-,34-32-,39-38-,76-74+. The van der Waals surface area contributed by atoms with E-state index in [4.69, 9.17) is 9.05 Å². The highest BCUT2D eigenvalue weighted by Crippen LogP contribution is 2.38. The molecule has 0 aromatic carbocycles. The van der Waals surface area contributed by atoms with Crippen molar-refractivity contribution < 1.29 is 32.9 Å². The third kappa shape index (κ3) is 75.1. The summed E-state index contributed by atoms with van der Waals surface area (Å²) in [5.74, 6) is -0.191. The fourth-order valence-corrected chi connectivity index (χ4v) is 12.7. The van der Waals surface area contributed by atoms with Crippen LogP contribution >= 0.6 is 7.82 Å². The molecule has 3 unspecified atom stereocenters. The number of hydrogen-bond donors (Lipinski definition) is 2. The second kappa shape index (κ2) is 72.9. The molecule has 0 spiro atoms. The number of nitrogens with one attached hydrogen (secondary N) is 1. The zero-order chi connectivity index (χ0) is 66.9. The van der Waals surface area contributed by atoms with Gasteiger partial charge in [0, 0.05) is 6.42 Å². The first kappa shape index (κ1) is 89.7. The topological polar surface area (TPSA) is 108 Å². The Morgan fingerprint density at radius 3 is 0.967 bits per heavy atom. The SMILES string of the molecule is CC/C=C\C/C=C\C/C=C\C/C=C\C/C=C\C/C=C\CCCCCCCCCCCCCCCCCCCCCCC(=O)NC(COP(=O)([O-])OCC[N+](C)(C)C)C(O)/C=C/CCCCCCCCCCCCCCCCCCCCCCCCCCCCCCC. The fraction of sp³-hybridized carbons (Fsp3) is 0.819. The van der Waals surface area contributed by atoms with Crippen LogP contribution in [0.1, 0.15) is 386 Å². The van der Waals surface area contributed by atoms with E-state index in [1.54, 1.807) is 6.08 Å². The number of aliphatic hydroxyl groups excluding tert-OH is 1. The van der Waals surface area contributed by atoms with E-state index < -0.39 is 20.0 Å². The van der Waals surface area contributed by atoms with Crippen LogP contribution in [0.2, 0.25) is 0 Å². The third-order valence-corrected chi connectivity index (χ3v) is 19.1. The molecular weight excluding hydrogens is 1150 g/mol. The van der Waals surface area contributed by atoms with Gasteiger partial charge in [0.1, 0.15) is 13.2 Å². The van der Waals surface area contributed by atoms with E-state index in [-0.39, 0.29) is 19.1 Å². The molecule has 0 heterocycles. The maximum atomic E-state index is 13.1. The van der Waals surface area contributed by atoms with Crippen molar-refractivity contribution in [1.82, 2.24) is 5.32 Å². The second-order valence-electron chi connectivity index (χ2n) is 28.4. The molecule has 538 valence electrons. The lowest BCUT2D eigenvalue weighted by atomic mass is 10.0. The van der Waals surface area contributed by atoms with E-state index in [0.717, 1.165) is 77.0 Å². The monoisotopic (exact) mass is 1310 g/mol. The summed E-state index contributed by atoms with van der Waals surface area (Å²) < 4.78 is 23.5. The van der Waals surface area contributed by atoms with E-state index in [1.165, 1.54) is 289 Å². The third-order valence-electron chi connectivity index (χ3n) is 18.1. The van der Waals surface area contributed by atoms with Crippen LogP contribution in [-0.2, 0) is 18.4 Å². The van der Waals surface area contributed by atoms with Crippen LogP contribution in [0, 0.1) is 0 Å². The molecule has 0 aliphatic rings. The van der Waals surface area contributed by atoms with Crippen LogP contribution < -0.4 is 10.2 Å². The van der Waals surface area contributed by atoms with Crippen LogP contribution in [-0.4, -0.2) is 68.5 Å². The van der Waals surface area contributed by atoms with Crippen LogP contribution in [0.3, 0.4) is 0 Å². The Bertz CT molecular complexity index is 1780. The Balaban J connectivity index is 3.97. The molecule has 0 aliphatic heterocycles. The van der Waals surface area contributed by atoms with Crippen molar-refractivity contribution in [2.45, 2.75) is 398 Å². The lowest BCUT2D eigenvalue weighted by Crippen LogP contribution is -2.45. The number of aliphatic hydroxyl groups is 1. The number of carbonyl (C=O) groups is 1. The summed E-state index contributed by atoms with van der Waals surface area (Å²) >= 11 is 0. The van der Waals surface area contributed by atoms with Crippen LogP contribution in [0.25, 0.3) is 0 Å². The largest absolute Gasteiger partial charge is 0.756 e. The number of allylic oxidation sites excluding steroid dienone is 13. The Morgan fingerprint density at radius 2 is 0.663 bits per heavy atom. The number of rotatable bonds is 74. The minimum absolute atomic E-state index is 0.000953. The van der Waals surface area contributed by atoms with Crippen LogP contribution in [0.5, 0.6) is 0 Å². The van der Waals surface area contributed by atoms with Gasteiger partial charge in [-0.15, -0.1) is 0 Å². The molecule has 0 bridgehead atoms. The minimum Gasteiger partial charge on any atom is -0.756 e. The quantitative estimate of drug-likeness (QED) is 0.0272.